The van der Waals surface area contributed by atoms with Crippen LogP contribution in [0.2, 0.25) is 0 Å². The highest BCUT2D eigenvalue weighted by atomic mass is 79.9. The monoisotopic (exact) mass is 348 g/mol. The fourth-order valence-electron chi connectivity index (χ4n) is 1.90. The van der Waals surface area contributed by atoms with Gasteiger partial charge in [-0.25, -0.2) is 0 Å². The standard InChI is InChI=1S/C16H17BrN2O2/c1-11-7-12(17)9-14(8-11)19-16(20)5-6-21-15-4-2-3-13(18)10-15/h2-4,7-10H,5-6,18H2,1H3,(H,19,20). The summed E-state index contributed by atoms with van der Waals surface area (Å²) < 4.78 is 6.43. The summed E-state index contributed by atoms with van der Waals surface area (Å²) in [5, 5.41) is 2.85. The number of anilines is 2. The lowest BCUT2D eigenvalue weighted by molar-refractivity contribution is -0.116. The van der Waals surface area contributed by atoms with Crippen LogP contribution < -0.4 is 15.8 Å². The maximum Gasteiger partial charge on any atom is 0.227 e. The SMILES string of the molecule is Cc1cc(Br)cc(NC(=O)CCOc2cccc(N)c2)c1. The van der Waals surface area contributed by atoms with Crippen LogP contribution >= 0.6 is 15.9 Å². The summed E-state index contributed by atoms with van der Waals surface area (Å²) in [5.74, 6) is 0.581. The number of nitrogens with two attached hydrogens (primary N) is 1. The molecule has 4 nitrogen and oxygen atoms in total. The topological polar surface area (TPSA) is 64.3 Å². The molecule has 0 saturated carbocycles. The molecule has 1 amide bonds. The first-order chi connectivity index (χ1) is 10.0. The number of benzene rings is 2. The van der Waals surface area contributed by atoms with Crippen LogP contribution in [0.5, 0.6) is 5.75 Å². The van der Waals surface area contributed by atoms with E-state index >= 15 is 0 Å². The molecule has 0 fully saturated rings. The van der Waals surface area contributed by atoms with E-state index in [4.69, 9.17) is 10.5 Å². The van der Waals surface area contributed by atoms with Gasteiger partial charge in [0, 0.05) is 21.9 Å². The van der Waals surface area contributed by atoms with Crippen molar-refractivity contribution in [3.63, 3.8) is 0 Å². The molecule has 0 unspecified atom stereocenters. The van der Waals surface area contributed by atoms with E-state index in [0.29, 0.717) is 18.0 Å². The maximum absolute atomic E-state index is 11.9. The molecular weight excluding hydrogens is 332 g/mol. The molecule has 0 radical (unpaired) electrons. The van der Waals surface area contributed by atoms with E-state index in [1.165, 1.54) is 0 Å². The Labute approximate surface area is 132 Å². The van der Waals surface area contributed by atoms with Gasteiger partial charge in [0.2, 0.25) is 5.91 Å². The molecule has 2 aromatic rings. The maximum atomic E-state index is 11.9. The van der Waals surface area contributed by atoms with Gasteiger partial charge in [0.25, 0.3) is 0 Å². The first-order valence-electron chi connectivity index (χ1n) is 6.58. The van der Waals surface area contributed by atoms with Gasteiger partial charge in [0.05, 0.1) is 13.0 Å². The van der Waals surface area contributed by atoms with Gasteiger partial charge >= 0.3 is 0 Å². The van der Waals surface area contributed by atoms with Gasteiger partial charge in [-0.3, -0.25) is 4.79 Å². The van der Waals surface area contributed by atoms with Crippen LogP contribution in [0.1, 0.15) is 12.0 Å². The van der Waals surface area contributed by atoms with Crippen molar-refractivity contribution in [1.29, 1.82) is 0 Å². The zero-order chi connectivity index (χ0) is 15.2. The van der Waals surface area contributed by atoms with Gasteiger partial charge in [-0.05, 0) is 42.8 Å². The van der Waals surface area contributed by atoms with Crippen LogP contribution in [0, 0.1) is 6.92 Å². The second-order valence-corrected chi connectivity index (χ2v) is 5.65. The molecule has 21 heavy (non-hydrogen) atoms. The highest BCUT2D eigenvalue weighted by molar-refractivity contribution is 9.10. The van der Waals surface area contributed by atoms with Gasteiger partial charge < -0.3 is 15.8 Å². The van der Waals surface area contributed by atoms with Crippen LogP contribution in [0.4, 0.5) is 11.4 Å². The predicted octanol–water partition coefficient (Wildman–Crippen LogP) is 3.75. The number of carbonyl (C=O) groups is 1. The molecule has 0 aliphatic carbocycles. The van der Waals surface area contributed by atoms with Crippen LogP contribution in [-0.2, 0) is 4.79 Å². The summed E-state index contributed by atoms with van der Waals surface area (Å²) >= 11 is 3.41. The number of hydrogen-bond acceptors (Lipinski definition) is 3. The van der Waals surface area contributed by atoms with Gasteiger partial charge in [0.1, 0.15) is 5.75 Å². The number of rotatable bonds is 5. The van der Waals surface area contributed by atoms with Crippen LogP contribution in [0.25, 0.3) is 0 Å². The summed E-state index contributed by atoms with van der Waals surface area (Å²) in [6, 6.07) is 12.9. The van der Waals surface area contributed by atoms with Crippen molar-refractivity contribution in [3.8, 4) is 5.75 Å². The average Bonchev–Trinajstić information content (AvgIpc) is 2.37. The molecule has 110 valence electrons. The summed E-state index contributed by atoms with van der Waals surface area (Å²) in [7, 11) is 0. The molecule has 0 atom stereocenters. The lowest BCUT2D eigenvalue weighted by atomic mass is 10.2. The van der Waals surface area contributed by atoms with E-state index in [1.807, 2.05) is 37.3 Å². The number of amides is 1. The van der Waals surface area contributed by atoms with E-state index in [1.54, 1.807) is 12.1 Å². The van der Waals surface area contributed by atoms with Crippen molar-refractivity contribution < 1.29 is 9.53 Å². The van der Waals surface area contributed by atoms with E-state index in [-0.39, 0.29) is 12.3 Å². The molecular formula is C16H17BrN2O2. The molecule has 0 aliphatic heterocycles. The minimum absolute atomic E-state index is 0.0867. The molecule has 0 aromatic heterocycles. The number of halogens is 1. The van der Waals surface area contributed by atoms with Crippen molar-refractivity contribution in [2.24, 2.45) is 0 Å². The first kappa shape index (κ1) is 15.4. The first-order valence-corrected chi connectivity index (χ1v) is 7.37. The Morgan fingerprint density at radius 2 is 2.10 bits per heavy atom. The number of nitrogens with one attached hydrogen (secondary N) is 1. The van der Waals surface area contributed by atoms with Gasteiger partial charge in [-0.2, -0.15) is 0 Å². The van der Waals surface area contributed by atoms with Crippen LogP contribution in [0.15, 0.2) is 46.9 Å². The summed E-state index contributed by atoms with van der Waals surface area (Å²) in [6.07, 6.45) is 0.278. The van der Waals surface area contributed by atoms with Crippen molar-refractivity contribution in [3.05, 3.63) is 52.5 Å². The molecule has 0 bridgehead atoms. The quantitative estimate of drug-likeness (QED) is 0.808. The number of ether oxygens (including phenoxy) is 1. The van der Waals surface area contributed by atoms with E-state index < -0.39 is 0 Å². The number of hydrogen-bond donors (Lipinski definition) is 2. The van der Waals surface area contributed by atoms with Crippen LogP contribution in [0.3, 0.4) is 0 Å². The largest absolute Gasteiger partial charge is 0.493 e. The molecule has 0 spiro atoms. The summed E-state index contributed by atoms with van der Waals surface area (Å²) in [5.41, 5.74) is 8.15. The smallest absolute Gasteiger partial charge is 0.227 e. The Morgan fingerprint density at radius 1 is 1.29 bits per heavy atom. The van der Waals surface area contributed by atoms with Gasteiger partial charge in [0.15, 0.2) is 0 Å². The van der Waals surface area contributed by atoms with Crippen molar-refractivity contribution in [2.45, 2.75) is 13.3 Å². The molecule has 0 heterocycles. The molecule has 5 heteroatoms. The fourth-order valence-corrected chi connectivity index (χ4v) is 2.51. The molecule has 2 aromatic carbocycles. The van der Waals surface area contributed by atoms with Crippen LogP contribution in [-0.4, -0.2) is 12.5 Å². The second-order valence-electron chi connectivity index (χ2n) is 4.74. The molecule has 3 N–H and O–H groups in total. The third-order valence-corrected chi connectivity index (χ3v) is 3.24. The Balaban J connectivity index is 1.82. The minimum atomic E-state index is -0.0867. The number of aryl methyl sites for hydroxylation is 1. The molecule has 0 aliphatic rings. The zero-order valence-corrected chi connectivity index (χ0v) is 13.3. The Morgan fingerprint density at radius 3 is 2.81 bits per heavy atom. The number of carbonyl (C=O) groups excluding carboxylic acids is 1. The molecule has 2 rings (SSSR count). The normalized spacial score (nSPS) is 10.2. The van der Waals surface area contributed by atoms with Crippen molar-refractivity contribution in [2.75, 3.05) is 17.7 Å². The second kappa shape index (κ2) is 7.13. The van der Waals surface area contributed by atoms with E-state index in [2.05, 4.69) is 21.2 Å². The summed E-state index contributed by atoms with van der Waals surface area (Å²) in [4.78, 5) is 11.9. The lowest BCUT2D eigenvalue weighted by Crippen LogP contribution is -2.15. The number of nitrogen functional groups attached to an aromatic ring is 1. The lowest BCUT2D eigenvalue weighted by Gasteiger charge is -2.08. The van der Waals surface area contributed by atoms with E-state index in [9.17, 15) is 4.79 Å². The Kier molecular flexibility index (Phi) is 5.22. The third kappa shape index (κ3) is 5.11. The fraction of sp³-hybridized carbons (Fsp3) is 0.188. The predicted molar refractivity (Wildman–Crippen MR) is 88.5 cm³/mol. The van der Waals surface area contributed by atoms with Crippen molar-refractivity contribution >= 4 is 33.2 Å². The highest BCUT2D eigenvalue weighted by Gasteiger charge is 2.04. The van der Waals surface area contributed by atoms with Gasteiger partial charge in [-0.1, -0.05) is 22.0 Å². The highest BCUT2D eigenvalue weighted by Crippen LogP contribution is 2.19. The third-order valence-electron chi connectivity index (χ3n) is 2.78. The molecule has 0 saturated heterocycles. The van der Waals surface area contributed by atoms with Gasteiger partial charge in [-0.15, -0.1) is 0 Å². The average molecular weight is 349 g/mol. The Hall–Kier alpha value is -2.01. The van der Waals surface area contributed by atoms with E-state index in [0.717, 1.165) is 15.7 Å². The van der Waals surface area contributed by atoms with Crippen molar-refractivity contribution in [1.82, 2.24) is 0 Å². The summed E-state index contributed by atoms with van der Waals surface area (Å²) in [6.45, 7) is 2.28. The Bertz CT molecular complexity index is 624. The zero-order valence-electron chi connectivity index (χ0n) is 11.7. The minimum Gasteiger partial charge on any atom is -0.493 e.